The third-order valence-corrected chi connectivity index (χ3v) is 5.74. The molecule has 1 aliphatic heterocycles. The molecule has 2 amide bonds. The molecule has 0 saturated carbocycles. The van der Waals surface area contributed by atoms with Crippen LogP contribution in [0.25, 0.3) is 5.69 Å². The molecular weight excluding hydrogens is 450 g/mol. The molecule has 1 fully saturated rings. The number of carbonyl (C=O) groups is 2. The number of likely N-dealkylation sites (tertiary alicyclic amines) is 1. The molecule has 33 heavy (non-hydrogen) atoms. The summed E-state index contributed by atoms with van der Waals surface area (Å²) in [5.74, 6) is -0.253. The minimum atomic E-state index is -0.495. The van der Waals surface area contributed by atoms with Gasteiger partial charge in [0.15, 0.2) is 5.69 Å². The van der Waals surface area contributed by atoms with E-state index in [2.05, 4.69) is 20.6 Å². The van der Waals surface area contributed by atoms with Crippen molar-refractivity contribution < 1.29 is 14.5 Å². The highest BCUT2D eigenvalue weighted by molar-refractivity contribution is 6.30. The Kier molecular flexibility index (Phi) is 6.31. The van der Waals surface area contributed by atoms with Gasteiger partial charge in [-0.15, -0.1) is 5.10 Å². The fourth-order valence-corrected chi connectivity index (χ4v) is 3.79. The smallest absolute Gasteiger partial charge is 0.276 e. The van der Waals surface area contributed by atoms with Gasteiger partial charge in [0.25, 0.3) is 11.6 Å². The Labute approximate surface area is 193 Å². The van der Waals surface area contributed by atoms with Crippen molar-refractivity contribution in [1.82, 2.24) is 24.9 Å². The van der Waals surface area contributed by atoms with Crippen molar-refractivity contribution in [2.24, 2.45) is 5.92 Å². The zero-order valence-electron chi connectivity index (χ0n) is 17.6. The van der Waals surface area contributed by atoms with E-state index in [1.807, 2.05) is 0 Å². The van der Waals surface area contributed by atoms with E-state index in [0.29, 0.717) is 48.2 Å². The van der Waals surface area contributed by atoms with Crippen LogP contribution in [0.1, 0.15) is 29.0 Å². The van der Waals surface area contributed by atoms with Crippen LogP contribution in [0, 0.1) is 23.0 Å². The van der Waals surface area contributed by atoms with Crippen molar-refractivity contribution in [1.29, 1.82) is 0 Å². The molecule has 0 radical (unpaired) electrons. The summed E-state index contributed by atoms with van der Waals surface area (Å²) in [4.78, 5) is 41.8. The number of aromatic nitrogens is 4. The van der Waals surface area contributed by atoms with Crippen molar-refractivity contribution in [3.8, 4) is 5.69 Å². The number of anilines is 1. The second kappa shape index (κ2) is 9.33. The quantitative estimate of drug-likeness (QED) is 0.448. The molecule has 12 heteroatoms. The minimum Gasteiger partial charge on any atom is -0.337 e. The van der Waals surface area contributed by atoms with Crippen molar-refractivity contribution >= 4 is 34.9 Å². The average molecular weight is 470 g/mol. The van der Waals surface area contributed by atoms with E-state index in [1.54, 1.807) is 36.1 Å². The van der Waals surface area contributed by atoms with E-state index in [1.165, 1.54) is 23.0 Å². The Morgan fingerprint density at radius 1 is 1.21 bits per heavy atom. The van der Waals surface area contributed by atoms with E-state index < -0.39 is 4.92 Å². The van der Waals surface area contributed by atoms with Crippen molar-refractivity contribution in [3.63, 3.8) is 0 Å². The van der Waals surface area contributed by atoms with Gasteiger partial charge in [0.1, 0.15) is 5.82 Å². The number of halogens is 1. The van der Waals surface area contributed by atoms with Gasteiger partial charge in [0, 0.05) is 37.3 Å². The van der Waals surface area contributed by atoms with Crippen LogP contribution in [0.3, 0.4) is 0 Å². The summed E-state index contributed by atoms with van der Waals surface area (Å²) in [6.07, 6.45) is 2.47. The lowest BCUT2D eigenvalue weighted by atomic mass is 9.95. The lowest BCUT2D eigenvalue weighted by Gasteiger charge is -2.30. The first-order valence-corrected chi connectivity index (χ1v) is 10.6. The summed E-state index contributed by atoms with van der Waals surface area (Å²) in [6, 6.07) is 9.23. The number of pyridine rings is 1. The summed E-state index contributed by atoms with van der Waals surface area (Å²) in [7, 11) is 0. The number of benzene rings is 1. The average Bonchev–Trinajstić information content (AvgIpc) is 3.21. The van der Waals surface area contributed by atoms with E-state index in [-0.39, 0.29) is 29.1 Å². The Balaban J connectivity index is 1.40. The van der Waals surface area contributed by atoms with Crippen molar-refractivity contribution in [2.45, 2.75) is 19.8 Å². The SMILES string of the molecule is Cc1c(C(=O)N2CCC(C(=O)Nc3ccc(Cl)cn3)CC2)nnn1-c1cccc([N+](=O)[O-])c1. The van der Waals surface area contributed by atoms with Gasteiger partial charge >= 0.3 is 0 Å². The third kappa shape index (κ3) is 4.82. The number of hydrogen-bond acceptors (Lipinski definition) is 7. The van der Waals surface area contributed by atoms with Crippen LogP contribution in [0.15, 0.2) is 42.6 Å². The number of nitro benzene ring substituents is 1. The molecule has 1 N–H and O–H groups in total. The van der Waals surface area contributed by atoms with E-state index >= 15 is 0 Å². The number of nitrogens with one attached hydrogen (secondary N) is 1. The zero-order chi connectivity index (χ0) is 23.5. The second-order valence-electron chi connectivity index (χ2n) is 7.63. The van der Waals surface area contributed by atoms with Gasteiger partial charge in [0.2, 0.25) is 5.91 Å². The maximum absolute atomic E-state index is 13.0. The fourth-order valence-electron chi connectivity index (χ4n) is 3.68. The standard InChI is InChI=1S/C21H20ClN7O4/c1-13-19(25-26-28(13)16-3-2-4-17(11-16)29(32)33)21(31)27-9-7-14(8-10-27)20(30)24-18-6-5-15(22)12-23-18/h2-6,11-12,14H,7-10H2,1H3,(H,23,24,30). The molecule has 0 aliphatic carbocycles. The summed E-state index contributed by atoms with van der Waals surface area (Å²) < 4.78 is 1.40. The Bertz CT molecular complexity index is 1200. The lowest BCUT2D eigenvalue weighted by Crippen LogP contribution is -2.41. The maximum Gasteiger partial charge on any atom is 0.276 e. The predicted octanol–water partition coefficient (Wildman–Crippen LogP) is 3.02. The van der Waals surface area contributed by atoms with Gasteiger partial charge in [0.05, 0.1) is 21.3 Å². The molecule has 0 atom stereocenters. The topological polar surface area (TPSA) is 136 Å². The summed E-state index contributed by atoms with van der Waals surface area (Å²) in [6.45, 7) is 2.48. The highest BCUT2D eigenvalue weighted by atomic mass is 35.5. The third-order valence-electron chi connectivity index (χ3n) is 5.51. The normalized spacial score (nSPS) is 14.2. The number of nitro groups is 1. The summed E-state index contributed by atoms with van der Waals surface area (Å²) >= 11 is 5.81. The predicted molar refractivity (Wildman–Crippen MR) is 119 cm³/mol. The number of rotatable bonds is 5. The first-order valence-electron chi connectivity index (χ1n) is 10.2. The molecule has 1 saturated heterocycles. The number of piperidine rings is 1. The van der Waals surface area contributed by atoms with Gasteiger partial charge in [-0.2, -0.15) is 0 Å². The Morgan fingerprint density at radius 2 is 1.97 bits per heavy atom. The van der Waals surface area contributed by atoms with E-state index in [0.717, 1.165) is 0 Å². The zero-order valence-corrected chi connectivity index (χ0v) is 18.4. The monoisotopic (exact) mass is 469 g/mol. The fraction of sp³-hybridized carbons (Fsp3) is 0.286. The Morgan fingerprint density at radius 3 is 2.64 bits per heavy atom. The molecule has 3 heterocycles. The number of amides is 2. The maximum atomic E-state index is 13.0. The van der Waals surface area contributed by atoms with Crippen LogP contribution in [-0.2, 0) is 4.79 Å². The van der Waals surface area contributed by atoms with Crippen molar-refractivity contribution in [2.75, 3.05) is 18.4 Å². The van der Waals surface area contributed by atoms with E-state index in [4.69, 9.17) is 11.6 Å². The van der Waals surface area contributed by atoms with Gasteiger partial charge in [-0.25, -0.2) is 9.67 Å². The molecular formula is C21H20ClN7O4. The first-order chi connectivity index (χ1) is 15.8. The van der Waals surface area contributed by atoms with Gasteiger partial charge in [-0.1, -0.05) is 22.9 Å². The molecule has 0 bridgehead atoms. The van der Waals surface area contributed by atoms with Gasteiger partial charge < -0.3 is 10.2 Å². The molecule has 3 aromatic rings. The highest BCUT2D eigenvalue weighted by Crippen LogP contribution is 2.23. The number of hydrogen-bond donors (Lipinski definition) is 1. The van der Waals surface area contributed by atoms with Crippen LogP contribution in [0.4, 0.5) is 11.5 Å². The van der Waals surface area contributed by atoms with Crippen LogP contribution >= 0.6 is 11.6 Å². The molecule has 1 aliphatic rings. The molecule has 0 unspecified atom stereocenters. The van der Waals surface area contributed by atoms with Crippen LogP contribution in [0.2, 0.25) is 5.02 Å². The molecule has 11 nitrogen and oxygen atoms in total. The van der Waals surface area contributed by atoms with E-state index in [9.17, 15) is 19.7 Å². The number of carbonyl (C=O) groups excluding carboxylic acids is 2. The molecule has 2 aromatic heterocycles. The first kappa shape index (κ1) is 22.3. The lowest BCUT2D eigenvalue weighted by molar-refractivity contribution is -0.384. The largest absolute Gasteiger partial charge is 0.337 e. The molecule has 1 aromatic carbocycles. The van der Waals surface area contributed by atoms with Gasteiger partial charge in [-0.3, -0.25) is 19.7 Å². The van der Waals surface area contributed by atoms with Crippen LogP contribution < -0.4 is 5.32 Å². The molecule has 170 valence electrons. The highest BCUT2D eigenvalue weighted by Gasteiger charge is 2.30. The minimum absolute atomic E-state index is 0.0792. The van der Waals surface area contributed by atoms with Gasteiger partial charge in [-0.05, 0) is 38.0 Å². The van der Waals surface area contributed by atoms with Crippen molar-refractivity contribution in [3.05, 3.63) is 69.1 Å². The number of nitrogens with zero attached hydrogens (tertiary/aromatic N) is 6. The molecule has 0 spiro atoms. The number of non-ortho nitro benzene ring substituents is 1. The molecule has 4 rings (SSSR count). The van der Waals surface area contributed by atoms with Crippen LogP contribution in [-0.4, -0.2) is 54.7 Å². The Hall–Kier alpha value is -3.86. The summed E-state index contributed by atoms with van der Waals surface area (Å²) in [5.41, 5.74) is 1.02. The second-order valence-corrected chi connectivity index (χ2v) is 8.07. The summed E-state index contributed by atoms with van der Waals surface area (Å²) in [5, 5.41) is 22.3. The van der Waals surface area contributed by atoms with Crippen LogP contribution in [0.5, 0.6) is 0 Å².